The fraction of sp³-hybridized carbons (Fsp3) is 0.304. The minimum Gasteiger partial charge on any atom is -0.488 e. The molecule has 4 nitrogen and oxygen atoms in total. The van der Waals surface area contributed by atoms with E-state index in [-0.39, 0.29) is 17.8 Å². The SMILES string of the molecule is O=C(CCc1ccccc1F)N1CCC(Oc2cccc3cccnc23)CC1. The van der Waals surface area contributed by atoms with Crippen molar-refractivity contribution in [2.24, 2.45) is 0 Å². The van der Waals surface area contributed by atoms with Crippen LogP contribution in [0.25, 0.3) is 10.9 Å². The van der Waals surface area contributed by atoms with Gasteiger partial charge in [-0.15, -0.1) is 0 Å². The predicted molar refractivity (Wildman–Crippen MR) is 107 cm³/mol. The van der Waals surface area contributed by atoms with Gasteiger partial charge in [0, 0.05) is 43.9 Å². The van der Waals surface area contributed by atoms with E-state index >= 15 is 0 Å². The van der Waals surface area contributed by atoms with Gasteiger partial charge in [-0.3, -0.25) is 9.78 Å². The van der Waals surface area contributed by atoms with Gasteiger partial charge in [0.1, 0.15) is 23.2 Å². The normalized spacial score (nSPS) is 15.0. The van der Waals surface area contributed by atoms with E-state index in [2.05, 4.69) is 4.98 Å². The van der Waals surface area contributed by atoms with Crippen molar-refractivity contribution in [3.63, 3.8) is 0 Å². The molecule has 0 saturated carbocycles. The minimum absolute atomic E-state index is 0.0724. The van der Waals surface area contributed by atoms with Gasteiger partial charge in [-0.25, -0.2) is 4.39 Å². The number of hydrogen-bond donors (Lipinski definition) is 0. The molecule has 0 atom stereocenters. The summed E-state index contributed by atoms with van der Waals surface area (Å²) in [5.41, 5.74) is 1.46. The summed E-state index contributed by atoms with van der Waals surface area (Å²) < 4.78 is 19.9. The quantitative estimate of drug-likeness (QED) is 0.662. The van der Waals surface area contributed by atoms with E-state index in [4.69, 9.17) is 4.74 Å². The summed E-state index contributed by atoms with van der Waals surface area (Å²) in [5.74, 6) is 0.627. The van der Waals surface area contributed by atoms with Gasteiger partial charge in [0.2, 0.25) is 5.91 Å². The van der Waals surface area contributed by atoms with E-state index in [0.717, 1.165) is 29.5 Å². The number of carbonyl (C=O) groups excluding carboxylic acids is 1. The standard InChI is InChI=1S/C23H23FN2O2/c24-20-8-2-1-5-17(20)10-11-22(27)26-15-12-19(13-16-26)28-21-9-3-6-18-7-4-14-25-23(18)21/h1-9,14,19H,10-13,15-16H2. The summed E-state index contributed by atoms with van der Waals surface area (Å²) in [4.78, 5) is 18.8. The van der Waals surface area contributed by atoms with Gasteiger partial charge >= 0.3 is 0 Å². The lowest BCUT2D eigenvalue weighted by molar-refractivity contribution is -0.132. The molecule has 1 amide bonds. The predicted octanol–water partition coefficient (Wildman–Crippen LogP) is 4.38. The zero-order valence-corrected chi connectivity index (χ0v) is 15.7. The number of carbonyl (C=O) groups is 1. The Kier molecular flexibility index (Phi) is 5.51. The number of ether oxygens (including phenoxy) is 1. The van der Waals surface area contributed by atoms with E-state index in [1.807, 2.05) is 35.2 Å². The highest BCUT2D eigenvalue weighted by Crippen LogP contribution is 2.26. The van der Waals surface area contributed by atoms with E-state index in [1.54, 1.807) is 24.4 Å². The minimum atomic E-state index is -0.244. The molecule has 0 spiro atoms. The molecular formula is C23H23FN2O2. The van der Waals surface area contributed by atoms with Gasteiger partial charge in [-0.05, 0) is 30.2 Å². The third-order valence-corrected chi connectivity index (χ3v) is 5.25. The Bertz CT molecular complexity index is 962. The molecule has 4 rings (SSSR count). The smallest absolute Gasteiger partial charge is 0.222 e. The van der Waals surface area contributed by atoms with Crippen LogP contribution in [0.5, 0.6) is 5.75 Å². The summed E-state index contributed by atoms with van der Waals surface area (Å²) in [6.45, 7) is 1.33. The molecule has 0 N–H and O–H groups in total. The molecule has 3 aromatic rings. The third kappa shape index (κ3) is 4.14. The molecule has 1 fully saturated rings. The fourth-order valence-electron chi connectivity index (χ4n) is 3.67. The number of fused-ring (bicyclic) bond motifs is 1. The monoisotopic (exact) mass is 378 g/mol. The number of rotatable bonds is 5. The van der Waals surface area contributed by atoms with Gasteiger partial charge in [0.25, 0.3) is 0 Å². The van der Waals surface area contributed by atoms with Gasteiger partial charge in [-0.1, -0.05) is 36.4 Å². The number of aryl methyl sites for hydroxylation is 1. The van der Waals surface area contributed by atoms with Crippen LogP contribution in [0.2, 0.25) is 0 Å². The number of piperidine rings is 1. The van der Waals surface area contributed by atoms with Crippen LogP contribution in [-0.2, 0) is 11.2 Å². The highest BCUT2D eigenvalue weighted by atomic mass is 19.1. The van der Waals surface area contributed by atoms with E-state index < -0.39 is 0 Å². The van der Waals surface area contributed by atoms with Crippen LogP contribution in [0.1, 0.15) is 24.8 Å². The molecule has 28 heavy (non-hydrogen) atoms. The summed E-state index contributed by atoms with van der Waals surface area (Å²) in [6, 6.07) is 16.5. The molecule has 144 valence electrons. The van der Waals surface area contributed by atoms with Crippen LogP contribution in [0.3, 0.4) is 0 Å². The molecule has 0 aliphatic carbocycles. The Balaban J connectivity index is 1.30. The molecule has 1 saturated heterocycles. The van der Waals surface area contributed by atoms with Gasteiger partial charge in [0.15, 0.2) is 0 Å². The summed E-state index contributed by atoms with van der Waals surface area (Å²) in [5, 5.41) is 1.06. The molecule has 2 aromatic carbocycles. The first-order valence-corrected chi connectivity index (χ1v) is 9.72. The molecule has 1 aliphatic heterocycles. The number of halogens is 1. The second kappa shape index (κ2) is 8.38. The van der Waals surface area contributed by atoms with Crippen LogP contribution in [-0.4, -0.2) is 35.0 Å². The third-order valence-electron chi connectivity index (χ3n) is 5.25. The Morgan fingerprint density at radius 3 is 2.68 bits per heavy atom. The number of benzene rings is 2. The second-order valence-electron chi connectivity index (χ2n) is 7.12. The zero-order chi connectivity index (χ0) is 19.3. The zero-order valence-electron chi connectivity index (χ0n) is 15.7. The van der Waals surface area contributed by atoms with Crippen molar-refractivity contribution in [3.05, 3.63) is 72.2 Å². The van der Waals surface area contributed by atoms with Gasteiger partial charge in [0.05, 0.1) is 0 Å². The molecule has 1 aliphatic rings. The molecule has 1 aromatic heterocycles. The van der Waals surface area contributed by atoms with Crippen molar-refractivity contribution in [1.29, 1.82) is 0 Å². The summed E-state index contributed by atoms with van der Waals surface area (Å²) in [6.07, 6.45) is 4.18. The first-order valence-electron chi connectivity index (χ1n) is 9.72. The van der Waals surface area contributed by atoms with Crippen molar-refractivity contribution in [2.75, 3.05) is 13.1 Å². The van der Waals surface area contributed by atoms with E-state index in [0.29, 0.717) is 31.5 Å². The molecule has 0 bridgehead atoms. The van der Waals surface area contributed by atoms with Crippen molar-refractivity contribution < 1.29 is 13.9 Å². The first-order chi connectivity index (χ1) is 13.7. The number of pyridine rings is 1. The number of aromatic nitrogens is 1. The maximum atomic E-state index is 13.7. The largest absolute Gasteiger partial charge is 0.488 e. The molecular weight excluding hydrogens is 355 g/mol. The molecule has 0 unspecified atom stereocenters. The highest BCUT2D eigenvalue weighted by molar-refractivity contribution is 5.84. The lowest BCUT2D eigenvalue weighted by Gasteiger charge is -2.32. The van der Waals surface area contributed by atoms with E-state index in [9.17, 15) is 9.18 Å². The fourth-order valence-corrected chi connectivity index (χ4v) is 3.67. The summed E-state index contributed by atoms with van der Waals surface area (Å²) >= 11 is 0. The molecule has 5 heteroatoms. The lowest BCUT2D eigenvalue weighted by Crippen LogP contribution is -2.41. The van der Waals surface area contributed by atoms with Crippen LogP contribution in [0.4, 0.5) is 4.39 Å². The Labute approximate surface area is 164 Å². The number of nitrogens with zero attached hydrogens (tertiary/aromatic N) is 2. The second-order valence-corrected chi connectivity index (χ2v) is 7.12. The molecule has 2 heterocycles. The number of amides is 1. The Hall–Kier alpha value is -2.95. The van der Waals surface area contributed by atoms with Crippen molar-refractivity contribution in [2.45, 2.75) is 31.8 Å². The number of likely N-dealkylation sites (tertiary alicyclic amines) is 1. The van der Waals surface area contributed by atoms with E-state index in [1.165, 1.54) is 6.07 Å². The van der Waals surface area contributed by atoms with Crippen molar-refractivity contribution >= 4 is 16.8 Å². The maximum absolute atomic E-state index is 13.7. The van der Waals surface area contributed by atoms with Crippen LogP contribution in [0, 0.1) is 5.82 Å². The van der Waals surface area contributed by atoms with Crippen molar-refractivity contribution in [3.8, 4) is 5.75 Å². The lowest BCUT2D eigenvalue weighted by atomic mass is 10.1. The highest BCUT2D eigenvalue weighted by Gasteiger charge is 2.24. The summed E-state index contributed by atoms with van der Waals surface area (Å²) in [7, 11) is 0. The van der Waals surface area contributed by atoms with Crippen LogP contribution >= 0.6 is 0 Å². The molecule has 0 radical (unpaired) electrons. The van der Waals surface area contributed by atoms with Crippen LogP contribution < -0.4 is 4.74 Å². The number of para-hydroxylation sites is 1. The van der Waals surface area contributed by atoms with Crippen LogP contribution in [0.15, 0.2) is 60.8 Å². The first kappa shape index (κ1) is 18.4. The average molecular weight is 378 g/mol. The van der Waals surface area contributed by atoms with Crippen molar-refractivity contribution in [1.82, 2.24) is 9.88 Å². The number of hydrogen-bond acceptors (Lipinski definition) is 3. The average Bonchev–Trinajstić information content (AvgIpc) is 2.74. The van der Waals surface area contributed by atoms with Gasteiger partial charge < -0.3 is 9.64 Å². The Morgan fingerprint density at radius 2 is 1.86 bits per heavy atom. The topological polar surface area (TPSA) is 42.4 Å². The Morgan fingerprint density at radius 1 is 1.07 bits per heavy atom. The maximum Gasteiger partial charge on any atom is 0.222 e. The van der Waals surface area contributed by atoms with Gasteiger partial charge in [-0.2, -0.15) is 0 Å².